The fourth-order valence-electron chi connectivity index (χ4n) is 1.64. The number of ether oxygens (including phenoxy) is 1. The van der Waals surface area contributed by atoms with Gasteiger partial charge >= 0.3 is 0 Å². The van der Waals surface area contributed by atoms with Gasteiger partial charge in [-0.25, -0.2) is 8.78 Å². The quantitative estimate of drug-likeness (QED) is 0.393. The predicted molar refractivity (Wildman–Crippen MR) is 71.6 cm³/mol. The summed E-state index contributed by atoms with van der Waals surface area (Å²) < 4.78 is 34.5. The van der Waals surface area contributed by atoms with Crippen molar-refractivity contribution in [2.45, 2.75) is 19.9 Å². The predicted octanol–water partition coefficient (Wildman–Crippen LogP) is 2.63. The first-order valence-corrected chi connectivity index (χ1v) is 6.11. The normalized spacial score (nSPS) is 12.0. The number of nitrogens with zero attached hydrogens (tertiary/aromatic N) is 3. The van der Waals surface area contributed by atoms with Crippen LogP contribution in [0.4, 0.5) is 8.78 Å². The van der Waals surface area contributed by atoms with E-state index in [0.29, 0.717) is 0 Å². The Morgan fingerprint density at radius 3 is 2.48 bits per heavy atom. The minimum absolute atomic E-state index is 0.0854. The van der Waals surface area contributed by atoms with E-state index in [-0.39, 0.29) is 17.4 Å². The number of halogens is 2. The van der Waals surface area contributed by atoms with E-state index in [1.165, 1.54) is 12.4 Å². The van der Waals surface area contributed by atoms with Crippen LogP contribution in [0, 0.1) is 11.6 Å². The van der Waals surface area contributed by atoms with Crippen molar-refractivity contribution in [3.63, 3.8) is 0 Å². The molecule has 0 spiro atoms. The van der Waals surface area contributed by atoms with Crippen LogP contribution in [0.25, 0.3) is 0 Å². The fourth-order valence-corrected chi connectivity index (χ4v) is 1.64. The van der Waals surface area contributed by atoms with Crippen LogP contribution in [-0.4, -0.2) is 20.8 Å². The van der Waals surface area contributed by atoms with Crippen LogP contribution in [0.2, 0.25) is 0 Å². The van der Waals surface area contributed by atoms with Crippen molar-refractivity contribution in [3.05, 3.63) is 41.7 Å². The second-order valence-corrected chi connectivity index (χ2v) is 4.61. The molecule has 1 heterocycles. The van der Waals surface area contributed by atoms with E-state index < -0.39 is 23.2 Å². The highest BCUT2D eigenvalue weighted by Gasteiger charge is 2.16. The van der Waals surface area contributed by atoms with Crippen LogP contribution < -0.4 is 10.5 Å². The first kappa shape index (κ1) is 14.8. The summed E-state index contributed by atoms with van der Waals surface area (Å²) in [6.07, 6.45) is 2.89. The number of hydrogen-bond donors (Lipinski definition) is 2. The molecule has 6 nitrogen and oxygen atoms in total. The van der Waals surface area contributed by atoms with E-state index in [1.54, 1.807) is 4.68 Å². The monoisotopic (exact) mass is 296 g/mol. The van der Waals surface area contributed by atoms with Crippen LogP contribution in [0.3, 0.4) is 0 Å². The van der Waals surface area contributed by atoms with Gasteiger partial charge in [0, 0.05) is 11.6 Å². The van der Waals surface area contributed by atoms with Crippen molar-refractivity contribution in [2.24, 2.45) is 10.9 Å². The maximum Gasteiger partial charge on any atom is 0.198 e. The molecule has 1 aromatic heterocycles. The molecule has 3 N–H and O–H groups in total. The Labute approximate surface area is 119 Å². The van der Waals surface area contributed by atoms with Gasteiger partial charge in [0.25, 0.3) is 0 Å². The Hall–Kier alpha value is -2.64. The van der Waals surface area contributed by atoms with Gasteiger partial charge in [0.05, 0.1) is 12.4 Å². The first-order valence-electron chi connectivity index (χ1n) is 6.11. The Bertz CT molecular complexity index is 660. The number of benzene rings is 1. The number of aromatic nitrogens is 2. The molecule has 0 aliphatic carbocycles. The van der Waals surface area contributed by atoms with Gasteiger partial charge in [-0.1, -0.05) is 5.16 Å². The Morgan fingerprint density at radius 1 is 1.38 bits per heavy atom. The highest BCUT2D eigenvalue weighted by molar-refractivity contribution is 5.97. The molecule has 0 amide bonds. The summed E-state index contributed by atoms with van der Waals surface area (Å²) in [5.74, 6) is -2.69. The SMILES string of the molecule is CC(C)n1cc(Oc2c(F)cc(/C(N)=N/O)cc2F)cn1. The van der Waals surface area contributed by atoms with Crippen molar-refractivity contribution in [2.75, 3.05) is 0 Å². The minimum Gasteiger partial charge on any atom is -0.448 e. The van der Waals surface area contributed by atoms with E-state index in [9.17, 15) is 8.78 Å². The van der Waals surface area contributed by atoms with Crippen molar-refractivity contribution in [1.82, 2.24) is 9.78 Å². The molecule has 0 saturated carbocycles. The summed E-state index contributed by atoms with van der Waals surface area (Å²) in [7, 11) is 0. The lowest BCUT2D eigenvalue weighted by atomic mass is 10.2. The number of rotatable bonds is 4. The molecule has 1 aromatic carbocycles. The Balaban J connectivity index is 2.31. The zero-order chi connectivity index (χ0) is 15.6. The molecule has 0 aliphatic heterocycles. The summed E-state index contributed by atoms with van der Waals surface area (Å²) in [5.41, 5.74) is 5.20. The van der Waals surface area contributed by atoms with E-state index in [1.807, 2.05) is 13.8 Å². The molecule has 0 atom stereocenters. The molecule has 21 heavy (non-hydrogen) atoms. The lowest BCUT2D eigenvalue weighted by Gasteiger charge is -2.08. The third kappa shape index (κ3) is 3.10. The van der Waals surface area contributed by atoms with Crippen molar-refractivity contribution < 1.29 is 18.7 Å². The number of hydrogen-bond acceptors (Lipinski definition) is 4. The van der Waals surface area contributed by atoms with E-state index in [2.05, 4.69) is 10.3 Å². The Kier molecular flexibility index (Phi) is 4.06. The van der Waals surface area contributed by atoms with Gasteiger partial charge in [-0.05, 0) is 26.0 Å². The molecule has 2 aromatic rings. The third-order valence-corrected chi connectivity index (χ3v) is 2.73. The van der Waals surface area contributed by atoms with Gasteiger partial charge < -0.3 is 15.7 Å². The maximum absolute atomic E-state index is 13.9. The molecule has 0 saturated heterocycles. The second-order valence-electron chi connectivity index (χ2n) is 4.61. The summed E-state index contributed by atoms with van der Waals surface area (Å²) in [6, 6.07) is 1.93. The van der Waals surface area contributed by atoms with Crippen LogP contribution in [0.15, 0.2) is 29.7 Å². The van der Waals surface area contributed by atoms with Gasteiger partial charge in [0.2, 0.25) is 0 Å². The molecule has 0 unspecified atom stereocenters. The largest absolute Gasteiger partial charge is 0.448 e. The number of oxime groups is 1. The molecule has 2 rings (SSSR count). The molecular weight excluding hydrogens is 282 g/mol. The van der Waals surface area contributed by atoms with Crippen LogP contribution in [0.1, 0.15) is 25.5 Å². The minimum atomic E-state index is -0.964. The molecule has 0 bridgehead atoms. The average Bonchev–Trinajstić information content (AvgIpc) is 2.90. The number of nitrogens with two attached hydrogens (primary N) is 1. The molecule has 112 valence electrons. The highest BCUT2D eigenvalue weighted by atomic mass is 19.1. The summed E-state index contributed by atoms with van der Waals surface area (Å²) in [5, 5.41) is 15.2. The van der Waals surface area contributed by atoms with Crippen LogP contribution in [0.5, 0.6) is 11.5 Å². The van der Waals surface area contributed by atoms with Crippen LogP contribution >= 0.6 is 0 Å². The van der Waals surface area contributed by atoms with Gasteiger partial charge in [-0.15, -0.1) is 0 Å². The molecule has 0 fully saturated rings. The lowest BCUT2D eigenvalue weighted by Crippen LogP contribution is -2.14. The first-order chi connectivity index (χ1) is 9.92. The fraction of sp³-hybridized carbons (Fsp3) is 0.231. The molecular formula is C13H14F2N4O2. The smallest absolute Gasteiger partial charge is 0.198 e. The van der Waals surface area contributed by atoms with Crippen molar-refractivity contribution in [1.29, 1.82) is 0 Å². The van der Waals surface area contributed by atoms with Gasteiger partial charge in [-0.2, -0.15) is 5.10 Å². The van der Waals surface area contributed by atoms with E-state index >= 15 is 0 Å². The van der Waals surface area contributed by atoms with Crippen LogP contribution in [-0.2, 0) is 0 Å². The van der Waals surface area contributed by atoms with Crippen molar-refractivity contribution in [3.8, 4) is 11.5 Å². The van der Waals surface area contributed by atoms with Gasteiger partial charge in [0.15, 0.2) is 29.0 Å². The molecule has 0 radical (unpaired) electrons. The molecule has 8 heteroatoms. The van der Waals surface area contributed by atoms with E-state index in [0.717, 1.165) is 12.1 Å². The Morgan fingerprint density at radius 2 is 2.00 bits per heavy atom. The highest BCUT2D eigenvalue weighted by Crippen LogP contribution is 2.28. The standard InChI is InChI=1S/C13H14F2N4O2/c1-7(2)19-6-9(5-17-19)21-12-10(14)3-8(4-11(12)15)13(16)18-20/h3-7,20H,1-2H3,(H2,16,18). The topological polar surface area (TPSA) is 85.7 Å². The third-order valence-electron chi connectivity index (χ3n) is 2.73. The van der Waals surface area contributed by atoms with Gasteiger partial charge in [0.1, 0.15) is 0 Å². The summed E-state index contributed by atoms with van der Waals surface area (Å²) >= 11 is 0. The van der Waals surface area contributed by atoms with E-state index in [4.69, 9.17) is 15.7 Å². The zero-order valence-electron chi connectivity index (χ0n) is 11.4. The number of amidine groups is 1. The second kappa shape index (κ2) is 5.78. The van der Waals surface area contributed by atoms with Crippen molar-refractivity contribution >= 4 is 5.84 Å². The summed E-state index contributed by atoms with van der Waals surface area (Å²) in [4.78, 5) is 0. The molecule has 0 aliphatic rings. The maximum atomic E-state index is 13.9. The van der Waals surface area contributed by atoms with Gasteiger partial charge in [-0.3, -0.25) is 4.68 Å². The lowest BCUT2D eigenvalue weighted by molar-refractivity contribution is 0.318. The summed E-state index contributed by atoms with van der Waals surface area (Å²) in [6.45, 7) is 3.81. The average molecular weight is 296 g/mol. The zero-order valence-corrected chi connectivity index (χ0v) is 11.4.